The van der Waals surface area contributed by atoms with Crippen LogP contribution in [0.5, 0.6) is 5.75 Å². The number of likely N-dealkylation sites (tertiary alicyclic amines) is 1. The van der Waals surface area contributed by atoms with Crippen LogP contribution in [0.3, 0.4) is 0 Å². The summed E-state index contributed by atoms with van der Waals surface area (Å²) in [6.45, 7) is 4.40. The number of hydrogen-bond acceptors (Lipinski definition) is 2. The standard InChI is InChI=1S/C15H18BrNO/c1-11-10-15(5-7-17(2)8-6-15)18-14-4-3-12(16)9-13(11)14/h3-4,9-10H,5-8H2,1-2H3. The number of rotatable bonds is 0. The Labute approximate surface area is 117 Å². The first kappa shape index (κ1) is 12.2. The van der Waals surface area contributed by atoms with Crippen molar-refractivity contribution in [1.82, 2.24) is 4.90 Å². The molecule has 2 heterocycles. The molecule has 3 heteroatoms. The zero-order valence-electron chi connectivity index (χ0n) is 10.9. The van der Waals surface area contributed by atoms with Gasteiger partial charge in [-0.05, 0) is 43.8 Å². The van der Waals surface area contributed by atoms with Crippen LogP contribution in [0.1, 0.15) is 25.3 Å². The van der Waals surface area contributed by atoms with Crippen LogP contribution in [-0.2, 0) is 0 Å². The Hall–Kier alpha value is -0.800. The molecule has 0 N–H and O–H groups in total. The topological polar surface area (TPSA) is 12.5 Å². The Bertz CT molecular complexity index is 501. The maximum absolute atomic E-state index is 6.31. The number of nitrogens with zero attached hydrogens (tertiary/aromatic N) is 1. The molecule has 0 amide bonds. The van der Waals surface area contributed by atoms with Crippen molar-refractivity contribution < 1.29 is 4.74 Å². The Kier molecular flexibility index (Phi) is 2.99. The number of fused-ring (bicyclic) bond motifs is 1. The van der Waals surface area contributed by atoms with Crippen LogP contribution in [-0.4, -0.2) is 30.6 Å². The molecule has 0 unspecified atom stereocenters. The second-order valence-electron chi connectivity index (χ2n) is 5.44. The van der Waals surface area contributed by atoms with Crippen LogP contribution >= 0.6 is 15.9 Å². The molecule has 0 atom stereocenters. The third-order valence-electron chi connectivity index (χ3n) is 3.99. The molecule has 2 nitrogen and oxygen atoms in total. The lowest BCUT2D eigenvalue weighted by Crippen LogP contribution is -2.46. The minimum absolute atomic E-state index is 0.0720. The molecule has 1 saturated heterocycles. The summed E-state index contributed by atoms with van der Waals surface area (Å²) in [5.74, 6) is 1.03. The van der Waals surface area contributed by atoms with Gasteiger partial charge in [0.25, 0.3) is 0 Å². The molecule has 1 fully saturated rings. The predicted molar refractivity (Wildman–Crippen MR) is 77.9 cm³/mol. The first-order valence-corrected chi connectivity index (χ1v) is 7.24. The van der Waals surface area contributed by atoms with Gasteiger partial charge in [0, 0.05) is 36.0 Å². The molecular formula is C15H18BrNO. The third kappa shape index (κ3) is 2.10. The summed E-state index contributed by atoms with van der Waals surface area (Å²) in [6, 6.07) is 6.28. The summed E-state index contributed by atoms with van der Waals surface area (Å²) in [7, 11) is 2.18. The number of benzene rings is 1. The van der Waals surface area contributed by atoms with Gasteiger partial charge in [-0.25, -0.2) is 0 Å². The molecule has 1 aromatic carbocycles. The highest BCUT2D eigenvalue weighted by atomic mass is 79.9. The van der Waals surface area contributed by atoms with Crippen LogP contribution in [0.2, 0.25) is 0 Å². The summed E-state index contributed by atoms with van der Waals surface area (Å²) < 4.78 is 7.42. The van der Waals surface area contributed by atoms with E-state index in [0.717, 1.165) is 36.2 Å². The molecule has 0 radical (unpaired) electrons. The number of ether oxygens (including phenoxy) is 1. The van der Waals surface area contributed by atoms with Gasteiger partial charge in [0.15, 0.2) is 0 Å². The zero-order valence-corrected chi connectivity index (χ0v) is 12.5. The van der Waals surface area contributed by atoms with E-state index in [9.17, 15) is 0 Å². The van der Waals surface area contributed by atoms with Gasteiger partial charge < -0.3 is 9.64 Å². The highest BCUT2D eigenvalue weighted by Gasteiger charge is 2.37. The van der Waals surface area contributed by atoms with Crippen molar-refractivity contribution in [1.29, 1.82) is 0 Å². The maximum Gasteiger partial charge on any atom is 0.130 e. The van der Waals surface area contributed by atoms with E-state index in [-0.39, 0.29) is 5.60 Å². The normalized spacial score (nSPS) is 22.3. The second kappa shape index (κ2) is 4.39. The molecule has 1 spiro atoms. The largest absolute Gasteiger partial charge is 0.482 e. The van der Waals surface area contributed by atoms with Crippen molar-refractivity contribution in [2.24, 2.45) is 0 Å². The molecule has 2 aliphatic heterocycles. The molecule has 2 aliphatic rings. The van der Waals surface area contributed by atoms with Crippen molar-refractivity contribution in [3.05, 3.63) is 34.3 Å². The zero-order chi connectivity index (χ0) is 12.8. The molecule has 0 saturated carbocycles. The van der Waals surface area contributed by atoms with Gasteiger partial charge in [0.05, 0.1) is 0 Å². The molecule has 0 aromatic heterocycles. The third-order valence-corrected chi connectivity index (χ3v) is 4.49. The van der Waals surface area contributed by atoms with E-state index < -0.39 is 0 Å². The molecule has 18 heavy (non-hydrogen) atoms. The van der Waals surface area contributed by atoms with E-state index in [0.29, 0.717) is 0 Å². The first-order chi connectivity index (χ1) is 8.58. The highest BCUT2D eigenvalue weighted by Crippen LogP contribution is 2.41. The van der Waals surface area contributed by atoms with E-state index in [1.54, 1.807) is 0 Å². The van der Waals surface area contributed by atoms with Crippen LogP contribution in [0.15, 0.2) is 28.7 Å². The SMILES string of the molecule is CC1=CC2(CCN(C)CC2)Oc2ccc(Br)cc21. The van der Waals surface area contributed by atoms with E-state index in [1.165, 1.54) is 11.1 Å². The number of allylic oxidation sites excluding steroid dienone is 1. The van der Waals surface area contributed by atoms with Gasteiger partial charge >= 0.3 is 0 Å². The predicted octanol–water partition coefficient (Wildman–Crippen LogP) is 3.71. The fourth-order valence-electron chi connectivity index (χ4n) is 2.86. The molecule has 1 aromatic rings. The van der Waals surface area contributed by atoms with Crippen LogP contribution in [0.4, 0.5) is 0 Å². The molecule has 0 bridgehead atoms. The number of piperidine rings is 1. The molecule has 0 aliphatic carbocycles. The van der Waals surface area contributed by atoms with E-state index in [2.05, 4.69) is 59.1 Å². The lowest BCUT2D eigenvalue weighted by Gasteiger charge is -2.42. The van der Waals surface area contributed by atoms with Crippen molar-refractivity contribution in [3.63, 3.8) is 0 Å². The van der Waals surface area contributed by atoms with Crippen molar-refractivity contribution >= 4 is 21.5 Å². The smallest absolute Gasteiger partial charge is 0.130 e. The van der Waals surface area contributed by atoms with Gasteiger partial charge in [0.1, 0.15) is 11.4 Å². The summed E-state index contributed by atoms with van der Waals surface area (Å²) in [5.41, 5.74) is 2.48. The minimum atomic E-state index is -0.0720. The van der Waals surface area contributed by atoms with Crippen molar-refractivity contribution in [2.75, 3.05) is 20.1 Å². The summed E-state index contributed by atoms with van der Waals surface area (Å²) >= 11 is 3.52. The summed E-state index contributed by atoms with van der Waals surface area (Å²) in [5, 5.41) is 0. The van der Waals surface area contributed by atoms with Gasteiger partial charge in [-0.1, -0.05) is 15.9 Å². The molecule has 96 valence electrons. The van der Waals surface area contributed by atoms with Crippen LogP contribution in [0.25, 0.3) is 5.57 Å². The van der Waals surface area contributed by atoms with E-state index in [1.807, 2.05) is 0 Å². The minimum Gasteiger partial charge on any atom is -0.482 e. The van der Waals surface area contributed by atoms with Gasteiger partial charge in [-0.15, -0.1) is 0 Å². The maximum atomic E-state index is 6.31. The van der Waals surface area contributed by atoms with Crippen LogP contribution < -0.4 is 4.74 Å². The summed E-state index contributed by atoms with van der Waals surface area (Å²) in [4.78, 5) is 2.37. The van der Waals surface area contributed by atoms with Gasteiger partial charge in [-0.3, -0.25) is 0 Å². The summed E-state index contributed by atoms with van der Waals surface area (Å²) in [6.07, 6.45) is 4.49. The van der Waals surface area contributed by atoms with E-state index in [4.69, 9.17) is 4.74 Å². The lowest BCUT2D eigenvalue weighted by molar-refractivity contribution is 0.0467. The Morgan fingerprint density at radius 2 is 2.00 bits per heavy atom. The highest BCUT2D eigenvalue weighted by molar-refractivity contribution is 9.10. The molecule has 3 rings (SSSR count). The van der Waals surface area contributed by atoms with Crippen molar-refractivity contribution in [3.8, 4) is 5.75 Å². The molecular weight excluding hydrogens is 290 g/mol. The van der Waals surface area contributed by atoms with Gasteiger partial charge in [-0.2, -0.15) is 0 Å². The first-order valence-electron chi connectivity index (χ1n) is 6.45. The van der Waals surface area contributed by atoms with Gasteiger partial charge in [0.2, 0.25) is 0 Å². The fraction of sp³-hybridized carbons (Fsp3) is 0.467. The van der Waals surface area contributed by atoms with Crippen LogP contribution in [0, 0.1) is 0 Å². The number of hydrogen-bond donors (Lipinski definition) is 0. The average molecular weight is 308 g/mol. The fourth-order valence-corrected chi connectivity index (χ4v) is 3.22. The Balaban J connectivity index is 1.96. The lowest BCUT2D eigenvalue weighted by atomic mass is 9.85. The van der Waals surface area contributed by atoms with Crippen molar-refractivity contribution in [2.45, 2.75) is 25.4 Å². The second-order valence-corrected chi connectivity index (χ2v) is 6.35. The Morgan fingerprint density at radius 3 is 2.72 bits per heavy atom. The quantitative estimate of drug-likeness (QED) is 0.724. The van der Waals surface area contributed by atoms with E-state index >= 15 is 0 Å². The Morgan fingerprint density at radius 1 is 1.28 bits per heavy atom. The monoisotopic (exact) mass is 307 g/mol. The number of halogens is 1. The average Bonchev–Trinajstić information content (AvgIpc) is 2.35.